The minimum atomic E-state index is -0.305. The van der Waals surface area contributed by atoms with Gasteiger partial charge in [-0.25, -0.2) is 9.37 Å². The number of aromatic nitrogens is 3. The summed E-state index contributed by atoms with van der Waals surface area (Å²) in [6.07, 6.45) is 5.07. The van der Waals surface area contributed by atoms with Gasteiger partial charge in [-0.3, -0.25) is 9.38 Å². The number of fused-ring (bicyclic) bond motifs is 1. The number of halogens is 1. The number of nitrogens with zero attached hydrogens (tertiary/aromatic N) is 4. The van der Waals surface area contributed by atoms with Gasteiger partial charge in [-0.05, 0) is 30.3 Å². The van der Waals surface area contributed by atoms with E-state index in [1.54, 1.807) is 16.7 Å². The summed E-state index contributed by atoms with van der Waals surface area (Å²) in [6, 6.07) is 16.0. The molecule has 3 aromatic heterocycles. The standard InChI is InChI=1S/C19H11FN4/c20-15-4-1-3-13(9-15)19-17(5-2-8-22-19)14-6-7-18-23-11-16(10-21)24(18)12-14/h1-9,11-12H. The Morgan fingerprint density at radius 2 is 1.92 bits per heavy atom. The zero-order valence-electron chi connectivity index (χ0n) is 12.5. The lowest BCUT2D eigenvalue weighted by atomic mass is 10.0. The molecule has 1 aromatic carbocycles. The van der Waals surface area contributed by atoms with Crippen LogP contribution < -0.4 is 0 Å². The van der Waals surface area contributed by atoms with Crippen LogP contribution in [0.1, 0.15) is 5.69 Å². The molecule has 0 N–H and O–H groups in total. The molecule has 0 aliphatic carbocycles. The van der Waals surface area contributed by atoms with Gasteiger partial charge in [0, 0.05) is 29.1 Å². The summed E-state index contributed by atoms with van der Waals surface area (Å²) in [5.74, 6) is -0.305. The third kappa shape index (κ3) is 2.31. The van der Waals surface area contributed by atoms with Crippen LogP contribution in [-0.2, 0) is 0 Å². The van der Waals surface area contributed by atoms with Gasteiger partial charge in [-0.1, -0.05) is 18.2 Å². The lowest BCUT2D eigenvalue weighted by Crippen LogP contribution is -1.93. The topological polar surface area (TPSA) is 54.0 Å². The molecule has 5 heteroatoms. The van der Waals surface area contributed by atoms with Crippen LogP contribution in [0.5, 0.6) is 0 Å². The Hall–Kier alpha value is -3.52. The second-order valence-electron chi connectivity index (χ2n) is 5.31. The van der Waals surface area contributed by atoms with Gasteiger partial charge in [0.1, 0.15) is 23.2 Å². The summed E-state index contributed by atoms with van der Waals surface area (Å²) in [6.45, 7) is 0. The van der Waals surface area contributed by atoms with Crippen molar-refractivity contribution in [3.63, 3.8) is 0 Å². The van der Waals surface area contributed by atoms with Crippen molar-refractivity contribution in [2.24, 2.45) is 0 Å². The first-order chi connectivity index (χ1) is 11.8. The Morgan fingerprint density at radius 3 is 2.75 bits per heavy atom. The second-order valence-corrected chi connectivity index (χ2v) is 5.31. The molecule has 4 rings (SSSR count). The van der Waals surface area contributed by atoms with Crippen molar-refractivity contribution in [1.82, 2.24) is 14.4 Å². The highest BCUT2D eigenvalue weighted by molar-refractivity contribution is 5.80. The van der Waals surface area contributed by atoms with Gasteiger partial charge >= 0.3 is 0 Å². The highest BCUT2D eigenvalue weighted by Gasteiger charge is 2.11. The highest BCUT2D eigenvalue weighted by Crippen LogP contribution is 2.30. The van der Waals surface area contributed by atoms with E-state index in [1.165, 1.54) is 18.3 Å². The van der Waals surface area contributed by atoms with E-state index in [0.717, 1.165) is 11.1 Å². The molecule has 0 aliphatic rings. The van der Waals surface area contributed by atoms with Crippen LogP contribution in [0.3, 0.4) is 0 Å². The average Bonchev–Trinajstić information content (AvgIpc) is 3.04. The maximum absolute atomic E-state index is 13.6. The Labute approximate surface area is 137 Å². The van der Waals surface area contributed by atoms with Crippen LogP contribution in [0.4, 0.5) is 4.39 Å². The van der Waals surface area contributed by atoms with Crippen LogP contribution in [0, 0.1) is 17.1 Å². The molecule has 114 valence electrons. The molecule has 0 unspecified atom stereocenters. The van der Waals surface area contributed by atoms with Crippen molar-refractivity contribution in [3.8, 4) is 28.5 Å². The molecule has 0 fully saturated rings. The summed E-state index contributed by atoms with van der Waals surface area (Å²) >= 11 is 0. The average molecular weight is 314 g/mol. The lowest BCUT2D eigenvalue weighted by molar-refractivity contribution is 0.628. The van der Waals surface area contributed by atoms with E-state index in [9.17, 15) is 9.65 Å². The Morgan fingerprint density at radius 1 is 1.00 bits per heavy atom. The van der Waals surface area contributed by atoms with E-state index in [2.05, 4.69) is 16.0 Å². The molecule has 0 amide bonds. The molecule has 0 atom stereocenters. The molecule has 0 aliphatic heterocycles. The lowest BCUT2D eigenvalue weighted by Gasteiger charge is -2.09. The van der Waals surface area contributed by atoms with Crippen LogP contribution in [0.15, 0.2) is 67.1 Å². The van der Waals surface area contributed by atoms with Gasteiger partial charge in [0.25, 0.3) is 0 Å². The van der Waals surface area contributed by atoms with Gasteiger partial charge in [0.05, 0.1) is 11.9 Å². The van der Waals surface area contributed by atoms with Crippen molar-refractivity contribution in [1.29, 1.82) is 5.26 Å². The molecule has 3 heterocycles. The van der Waals surface area contributed by atoms with Crippen LogP contribution in [0.2, 0.25) is 0 Å². The Balaban J connectivity index is 1.93. The molecular formula is C19H11FN4. The SMILES string of the molecule is N#Cc1cnc2ccc(-c3cccnc3-c3cccc(F)c3)cn12. The first kappa shape index (κ1) is 14.1. The number of pyridine rings is 2. The highest BCUT2D eigenvalue weighted by atomic mass is 19.1. The molecule has 0 radical (unpaired) electrons. The smallest absolute Gasteiger partial charge is 0.144 e. The van der Waals surface area contributed by atoms with Crippen LogP contribution in [-0.4, -0.2) is 14.4 Å². The van der Waals surface area contributed by atoms with Gasteiger partial charge in [-0.15, -0.1) is 0 Å². The maximum atomic E-state index is 13.6. The number of hydrogen-bond donors (Lipinski definition) is 0. The van der Waals surface area contributed by atoms with Gasteiger partial charge in [-0.2, -0.15) is 5.26 Å². The van der Waals surface area contributed by atoms with Crippen molar-refractivity contribution in [3.05, 3.63) is 78.6 Å². The molecule has 0 saturated carbocycles. The summed E-state index contributed by atoms with van der Waals surface area (Å²) in [7, 11) is 0. The van der Waals surface area contributed by atoms with E-state index in [-0.39, 0.29) is 5.82 Å². The minimum absolute atomic E-state index is 0.305. The third-order valence-corrected chi connectivity index (χ3v) is 3.84. The van der Waals surface area contributed by atoms with Crippen molar-refractivity contribution < 1.29 is 4.39 Å². The predicted octanol–water partition coefficient (Wildman–Crippen LogP) is 4.07. The summed E-state index contributed by atoms with van der Waals surface area (Å²) in [5.41, 5.74) is 4.30. The van der Waals surface area contributed by atoms with Crippen molar-refractivity contribution in [2.45, 2.75) is 0 Å². The van der Waals surface area contributed by atoms with E-state index < -0.39 is 0 Å². The molecule has 0 saturated heterocycles. The zero-order chi connectivity index (χ0) is 16.5. The Bertz CT molecular complexity index is 1090. The molecular weight excluding hydrogens is 303 g/mol. The van der Waals surface area contributed by atoms with Crippen LogP contribution >= 0.6 is 0 Å². The fourth-order valence-corrected chi connectivity index (χ4v) is 2.73. The zero-order valence-corrected chi connectivity index (χ0v) is 12.5. The quantitative estimate of drug-likeness (QED) is 0.560. The van der Waals surface area contributed by atoms with Crippen molar-refractivity contribution in [2.75, 3.05) is 0 Å². The normalized spacial score (nSPS) is 10.7. The fourth-order valence-electron chi connectivity index (χ4n) is 2.73. The number of rotatable bonds is 2. The van der Waals surface area contributed by atoms with E-state index >= 15 is 0 Å². The predicted molar refractivity (Wildman–Crippen MR) is 88.5 cm³/mol. The van der Waals surface area contributed by atoms with Gasteiger partial charge < -0.3 is 0 Å². The minimum Gasteiger partial charge on any atom is -0.291 e. The Kier molecular flexibility index (Phi) is 3.29. The summed E-state index contributed by atoms with van der Waals surface area (Å²) < 4.78 is 15.3. The number of hydrogen-bond acceptors (Lipinski definition) is 3. The largest absolute Gasteiger partial charge is 0.291 e. The van der Waals surface area contributed by atoms with E-state index in [4.69, 9.17) is 0 Å². The van der Waals surface area contributed by atoms with Crippen molar-refractivity contribution >= 4 is 5.65 Å². The number of nitriles is 1. The van der Waals surface area contributed by atoms with Gasteiger partial charge in [0.2, 0.25) is 0 Å². The molecule has 4 nitrogen and oxygen atoms in total. The maximum Gasteiger partial charge on any atom is 0.144 e. The fraction of sp³-hybridized carbons (Fsp3) is 0. The first-order valence-electron chi connectivity index (χ1n) is 7.35. The molecule has 0 bridgehead atoms. The number of benzene rings is 1. The second kappa shape index (κ2) is 5.60. The monoisotopic (exact) mass is 314 g/mol. The summed E-state index contributed by atoms with van der Waals surface area (Å²) in [5, 5.41) is 9.18. The van der Waals surface area contributed by atoms with E-state index in [1.807, 2.05) is 36.5 Å². The van der Waals surface area contributed by atoms with E-state index in [0.29, 0.717) is 22.6 Å². The van der Waals surface area contributed by atoms with Crippen LogP contribution in [0.25, 0.3) is 28.0 Å². The number of imidazole rings is 1. The molecule has 4 aromatic rings. The molecule has 24 heavy (non-hydrogen) atoms. The first-order valence-corrected chi connectivity index (χ1v) is 7.35. The summed E-state index contributed by atoms with van der Waals surface area (Å²) in [4.78, 5) is 8.61. The molecule has 0 spiro atoms. The van der Waals surface area contributed by atoms with Gasteiger partial charge in [0.15, 0.2) is 0 Å². The third-order valence-electron chi connectivity index (χ3n) is 3.84.